The van der Waals surface area contributed by atoms with E-state index in [4.69, 9.17) is 28.4 Å². The molecule has 0 radical (unpaired) electrons. The Morgan fingerprint density at radius 1 is 0.358 bits per heavy atom. The molecule has 0 aliphatic heterocycles. The summed E-state index contributed by atoms with van der Waals surface area (Å²) in [7, 11) is 3.83. The fraction of sp³-hybridized carbons (Fsp3) is 0.889. The smallest absolute Gasteiger partial charge is 0.306 e. The number of hydrogen-bond donors (Lipinski definition) is 0. The predicted molar refractivity (Wildman–Crippen MR) is 265 cm³/mol. The molecule has 0 aromatic rings. The molecular formula is C54H99NO12. The maximum absolute atomic E-state index is 13.5. The number of hydrogen-bond acceptors (Lipinski definition) is 13. The van der Waals surface area contributed by atoms with Crippen molar-refractivity contribution < 1.29 is 57.2 Å². The minimum Gasteiger partial charge on any atom is -0.466 e. The summed E-state index contributed by atoms with van der Waals surface area (Å²) in [5.41, 5.74) is -1.38. The first-order valence-corrected chi connectivity index (χ1v) is 27.0. The van der Waals surface area contributed by atoms with Crippen LogP contribution in [0.25, 0.3) is 0 Å². The third-order valence-corrected chi connectivity index (χ3v) is 12.1. The first kappa shape index (κ1) is 63.8. The van der Waals surface area contributed by atoms with E-state index in [9.17, 15) is 28.8 Å². The highest BCUT2D eigenvalue weighted by Crippen LogP contribution is 2.26. The second-order valence-corrected chi connectivity index (χ2v) is 19.2. The van der Waals surface area contributed by atoms with E-state index in [-0.39, 0.29) is 82.8 Å². The Morgan fingerprint density at radius 3 is 1.01 bits per heavy atom. The largest absolute Gasteiger partial charge is 0.466 e. The molecule has 0 spiro atoms. The van der Waals surface area contributed by atoms with Crippen molar-refractivity contribution in [2.24, 2.45) is 11.3 Å². The molecule has 392 valence electrons. The van der Waals surface area contributed by atoms with Crippen LogP contribution < -0.4 is 0 Å². The molecular weight excluding hydrogens is 855 g/mol. The summed E-state index contributed by atoms with van der Waals surface area (Å²) < 4.78 is 34.0. The fourth-order valence-electron chi connectivity index (χ4n) is 7.66. The number of ether oxygens (including phenoxy) is 6. The fourth-order valence-corrected chi connectivity index (χ4v) is 7.66. The van der Waals surface area contributed by atoms with E-state index in [1.807, 2.05) is 19.0 Å². The van der Waals surface area contributed by atoms with Crippen LogP contribution in [0.1, 0.15) is 240 Å². The van der Waals surface area contributed by atoms with E-state index in [1.54, 1.807) is 0 Å². The Bertz CT molecular complexity index is 1190. The monoisotopic (exact) mass is 954 g/mol. The average molecular weight is 954 g/mol. The van der Waals surface area contributed by atoms with Gasteiger partial charge in [0.15, 0.2) is 0 Å². The van der Waals surface area contributed by atoms with Crippen molar-refractivity contribution in [1.82, 2.24) is 4.90 Å². The summed E-state index contributed by atoms with van der Waals surface area (Å²) in [4.78, 5) is 79.4. The first-order valence-electron chi connectivity index (χ1n) is 27.0. The van der Waals surface area contributed by atoms with E-state index < -0.39 is 29.3 Å². The van der Waals surface area contributed by atoms with Gasteiger partial charge < -0.3 is 33.3 Å². The molecule has 0 atom stereocenters. The second-order valence-electron chi connectivity index (χ2n) is 19.2. The van der Waals surface area contributed by atoms with Crippen LogP contribution in [0.5, 0.6) is 0 Å². The SMILES string of the molecule is CCCCCCCCCOC(=O)CCCCC(=O)OCC(COC(=O)CCCCC(=O)OCCCCCCCCC)(COC(=O)CCCN(C)C)COC(=O)CC(CCCCC)CCCCC. The summed E-state index contributed by atoms with van der Waals surface area (Å²) in [6, 6.07) is 0. The van der Waals surface area contributed by atoms with Crippen molar-refractivity contribution in [3.05, 3.63) is 0 Å². The molecule has 0 saturated carbocycles. The summed E-state index contributed by atoms with van der Waals surface area (Å²) in [5.74, 6) is -2.37. The molecule has 67 heavy (non-hydrogen) atoms. The van der Waals surface area contributed by atoms with E-state index in [1.165, 1.54) is 51.4 Å². The van der Waals surface area contributed by atoms with Crippen LogP contribution >= 0.6 is 0 Å². The van der Waals surface area contributed by atoms with Crippen LogP contribution in [0.2, 0.25) is 0 Å². The van der Waals surface area contributed by atoms with Gasteiger partial charge in [0.25, 0.3) is 0 Å². The molecule has 0 fully saturated rings. The first-order chi connectivity index (χ1) is 32.4. The minimum absolute atomic E-state index is 0.0314. The van der Waals surface area contributed by atoms with Crippen LogP contribution in [0.15, 0.2) is 0 Å². The number of unbranched alkanes of at least 4 members (excludes halogenated alkanes) is 18. The number of esters is 6. The Morgan fingerprint density at radius 2 is 0.657 bits per heavy atom. The van der Waals surface area contributed by atoms with Crippen molar-refractivity contribution in [2.75, 3.05) is 60.3 Å². The maximum Gasteiger partial charge on any atom is 0.306 e. The van der Waals surface area contributed by atoms with E-state index >= 15 is 0 Å². The summed E-state index contributed by atoms with van der Waals surface area (Å²) >= 11 is 0. The molecule has 0 unspecified atom stereocenters. The summed E-state index contributed by atoms with van der Waals surface area (Å²) in [5, 5.41) is 0. The molecule has 0 heterocycles. The lowest BCUT2D eigenvalue weighted by atomic mass is 9.91. The third-order valence-electron chi connectivity index (χ3n) is 12.1. The predicted octanol–water partition coefficient (Wildman–Crippen LogP) is 12.4. The van der Waals surface area contributed by atoms with Crippen LogP contribution in [-0.4, -0.2) is 101 Å². The van der Waals surface area contributed by atoms with Gasteiger partial charge in [0, 0.05) is 38.5 Å². The van der Waals surface area contributed by atoms with Gasteiger partial charge in [-0.05, 0) is 84.3 Å². The van der Waals surface area contributed by atoms with Gasteiger partial charge in [-0.2, -0.15) is 0 Å². The van der Waals surface area contributed by atoms with Gasteiger partial charge >= 0.3 is 35.8 Å². The molecule has 0 saturated heterocycles. The number of carbonyl (C=O) groups excluding carboxylic acids is 6. The lowest BCUT2D eigenvalue weighted by Crippen LogP contribution is -2.44. The highest BCUT2D eigenvalue weighted by Gasteiger charge is 2.38. The van der Waals surface area contributed by atoms with Crippen molar-refractivity contribution >= 4 is 35.8 Å². The molecule has 0 aliphatic rings. The highest BCUT2D eigenvalue weighted by molar-refractivity contribution is 5.72. The van der Waals surface area contributed by atoms with Crippen LogP contribution in [0, 0.1) is 11.3 Å². The zero-order chi connectivity index (χ0) is 49.6. The van der Waals surface area contributed by atoms with Crippen molar-refractivity contribution in [3.63, 3.8) is 0 Å². The molecule has 0 aromatic heterocycles. The summed E-state index contributed by atoms with van der Waals surface area (Å²) in [6.45, 7) is 8.89. The second kappa shape index (κ2) is 45.2. The van der Waals surface area contributed by atoms with Gasteiger partial charge in [0.2, 0.25) is 0 Å². The Balaban J connectivity index is 5.69. The molecule has 0 N–H and O–H groups in total. The average Bonchev–Trinajstić information content (AvgIpc) is 3.30. The number of carbonyl (C=O) groups is 6. The quantitative estimate of drug-likeness (QED) is 0.0322. The third kappa shape index (κ3) is 41.5. The van der Waals surface area contributed by atoms with Crippen LogP contribution in [0.4, 0.5) is 0 Å². The van der Waals surface area contributed by atoms with Crippen molar-refractivity contribution in [3.8, 4) is 0 Å². The maximum atomic E-state index is 13.5. The Hall–Kier alpha value is -3.22. The Kier molecular flexibility index (Phi) is 43.1. The summed E-state index contributed by atoms with van der Waals surface area (Å²) in [6.07, 6.45) is 27.2. The highest BCUT2D eigenvalue weighted by atomic mass is 16.6. The zero-order valence-electron chi connectivity index (χ0n) is 43.7. The minimum atomic E-state index is -1.38. The molecule has 13 nitrogen and oxygen atoms in total. The molecule has 0 amide bonds. The lowest BCUT2D eigenvalue weighted by Gasteiger charge is -2.32. The van der Waals surface area contributed by atoms with Gasteiger partial charge in [-0.25, -0.2) is 0 Å². The van der Waals surface area contributed by atoms with Gasteiger partial charge in [-0.15, -0.1) is 0 Å². The van der Waals surface area contributed by atoms with E-state index in [0.29, 0.717) is 51.9 Å². The molecule has 0 aliphatic carbocycles. The zero-order valence-corrected chi connectivity index (χ0v) is 43.7. The van der Waals surface area contributed by atoms with Gasteiger partial charge in [-0.3, -0.25) is 28.8 Å². The van der Waals surface area contributed by atoms with E-state index in [0.717, 1.165) is 89.9 Å². The number of rotatable bonds is 48. The molecule has 0 rings (SSSR count). The van der Waals surface area contributed by atoms with Crippen molar-refractivity contribution in [1.29, 1.82) is 0 Å². The molecule has 13 heteroatoms. The molecule has 0 aromatic carbocycles. The van der Waals surface area contributed by atoms with E-state index in [2.05, 4.69) is 27.7 Å². The molecule has 0 bridgehead atoms. The topological polar surface area (TPSA) is 161 Å². The number of nitrogens with zero attached hydrogens (tertiary/aromatic N) is 1. The van der Waals surface area contributed by atoms with Gasteiger partial charge in [0.1, 0.15) is 31.8 Å². The van der Waals surface area contributed by atoms with Crippen LogP contribution in [-0.2, 0) is 57.2 Å². The van der Waals surface area contributed by atoms with Gasteiger partial charge in [-0.1, -0.05) is 143 Å². The Labute approximate surface area is 407 Å². The van der Waals surface area contributed by atoms with Crippen LogP contribution in [0.3, 0.4) is 0 Å². The van der Waals surface area contributed by atoms with Crippen molar-refractivity contribution in [2.45, 2.75) is 240 Å². The lowest BCUT2D eigenvalue weighted by molar-refractivity contribution is -0.171. The normalized spacial score (nSPS) is 11.5. The standard InChI is InChI=1S/C54H99NO12/c1-7-11-15-17-19-21-29-40-62-48(56)34-25-27-36-50(58)64-43-54(45-66-52(60)38-31-39-55(5)6,46-67-53(61)42-47(32-23-13-9-3)33-24-14-10-4)44-65-51(59)37-28-26-35-49(57)63-41-30-22-20-18-16-12-8-2/h47H,7-46H2,1-6H3. The van der Waals surface area contributed by atoms with Gasteiger partial charge in [0.05, 0.1) is 13.2 Å².